The summed E-state index contributed by atoms with van der Waals surface area (Å²) in [7, 11) is 1.82. The number of aryl methyl sites for hydroxylation is 1. The van der Waals surface area contributed by atoms with Crippen LogP contribution in [0.2, 0.25) is 0 Å². The van der Waals surface area contributed by atoms with E-state index in [1.165, 1.54) is 12.8 Å². The van der Waals surface area contributed by atoms with Crippen LogP contribution in [-0.4, -0.2) is 37.0 Å². The highest BCUT2D eigenvalue weighted by atomic mass is 15.4. The molecular weight excluding hydrogens is 342 g/mol. The summed E-state index contributed by atoms with van der Waals surface area (Å²) in [6.45, 7) is 0.539. The van der Waals surface area contributed by atoms with Crippen LogP contribution in [0.3, 0.4) is 0 Å². The lowest BCUT2D eigenvalue weighted by Gasteiger charge is -2.29. The summed E-state index contributed by atoms with van der Waals surface area (Å²) in [6, 6.07) is 8.03. The van der Waals surface area contributed by atoms with Crippen molar-refractivity contribution in [1.29, 1.82) is 0 Å². The van der Waals surface area contributed by atoms with E-state index in [9.17, 15) is 0 Å². The van der Waals surface area contributed by atoms with Crippen LogP contribution in [0.5, 0.6) is 0 Å². The van der Waals surface area contributed by atoms with Gasteiger partial charge in [-0.1, -0.05) is 36.3 Å². The van der Waals surface area contributed by atoms with Crippen molar-refractivity contribution in [2.45, 2.75) is 44.3 Å². The number of nitrogen functional groups attached to an aromatic ring is 1. The smallest absolute Gasteiger partial charge is 0.227 e. The maximum Gasteiger partial charge on any atom is 0.227 e. The molecule has 0 saturated heterocycles. The standard InChI is InChI=1S/C18H25N9/c1-27-17-15(25-26-27)16(21-10-11-6-2-3-7-12(11)19)23-18(24-17)22-14-9-5-4-8-13(14)20/h2-3,6-7,13-14H,4-5,8-10,19-20H2,1H3,(H2,21,22,23,24). The maximum atomic E-state index is 6.26. The highest BCUT2D eigenvalue weighted by molar-refractivity contribution is 5.83. The third kappa shape index (κ3) is 3.63. The molecule has 0 amide bonds. The Morgan fingerprint density at radius 3 is 2.81 bits per heavy atom. The molecule has 1 aliphatic carbocycles. The van der Waals surface area contributed by atoms with Gasteiger partial charge in [-0.25, -0.2) is 4.68 Å². The number of nitrogens with zero attached hydrogens (tertiary/aromatic N) is 5. The van der Waals surface area contributed by atoms with E-state index in [1.807, 2.05) is 31.3 Å². The summed E-state index contributed by atoms with van der Waals surface area (Å²) in [4.78, 5) is 9.23. The monoisotopic (exact) mass is 367 g/mol. The van der Waals surface area contributed by atoms with Gasteiger partial charge in [0.05, 0.1) is 0 Å². The molecule has 2 heterocycles. The van der Waals surface area contributed by atoms with Crippen molar-refractivity contribution in [3.8, 4) is 0 Å². The van der Waals surface area contributed by atoms with E-state index in [0.717, 1.165) is 24.1 Å². The van der Waals surface area contributed by atoms with Gasteiger partial charge in [0.1, 0.15) is 0 Å². The molecule has 27 heavy (non-hydrogen) atoms. The van der Waals surface area contributed by atoms with Gasteiger partial charge >= 0.3 is 0 Å². The Morgan fingerprint density at radius 2 is 2.00 bits per heavy atom. The van der Waals surface area contributed by atoms with Crippen LogP contribution in [0.15, 0.2) is 24.3 Å². The second kappa shape index (κ2) is 7.36. The molecule has 0 aliphatic heterocycles. The number of para-hydroxylation sites is 1. The van der Waals surface area contributed by atoms with E-state index in [1.54, 1.807) is 4.68 Å². The number of anilines is 3. The molecular formula is C18H25N9. The predicted molar refractivity (Wildman–Crippen MR) is 106 cm³/mol. The first-order chi connectivity index (χ1) is 13.1. The number of hydrogen-bond acceptors (Lipinski definition) is 8. The maximum absolute atomic E-state index is 6.26. The van der Waals surface area contributed by atoms with Crippen molar-refractivity contribution >= 4 is 28.6 Å². The Labute approximate surface area is 157 Å². The van der Waals surface area contributed by atoms with Crippen LogP contribution < -0.4 is 22.1 Å². The first-order valence-electron chi connectivity index (χ1n) is 9.28. The molecule has 2 aromatic heterocycles. The number of fused-ring (bicyclic) bond motifs is 1. The summed E-state index contributed by atoms with van der Waals surface area (Å²) in [5.74, 6) is 1.17. The minimum Gasteiger partial charge on any atom is -0.398 e. The fraction of sp³-hybridized carbons (Fsp3) is 0.444. The molecule has 6 N–H and O–H groups in total. The molecule has 9 heteroatoms. The van der Waals surface area contributed by atoms with Crippen molar-refractivity contribution in [3.63, 3.8) is 0 Å². The van der Waals surface area contributed by atoms with Crippen LogP contribution in [-0.2, 0) is 13.6 Å². The summed E-state index contributed by atoms with van der Waals surface area (Å²) >= 11 is 0. The lowest BCUT2D eigenvalue weighted by atomic mass is 9.91. The van der Waals surface area contributed by atoms with Crippen molar-refractivity contribution in [2.24, 2.45) is 12.8 Å². The van der Waals surface area contributed by atoms with Gasteiger partial charge in [-0.2, -0.15) is 9.97 Å². The molecule has 2 unspecified atom stereocenters. The van der Waals surface area contributed by atoms with Crippen molar-refractivity contribution < 1.29 is 0 Å². The van der Waals surface area contributed by atoms with Crippen LogP contribution in [0, 0.1) is 0 Å². The van der Waals surface area contributed by atoms with Gasteiger partial charge in [0, 0.05) is 31.4 Å². The number of nitrogens with one attached hydrogen (secondary N) is 2. The fourth-order valence-corrected chi connectivity index (χ4v) is 3.48. The van der Waals surface area contributed by atoms with Crippen molar-refractivity contribution in [1.82, 2.24) is 25.0 Å². The Bertz CT molecular complexity index is 936. The van der Waals surface area contributed by atoms with Gasteiger partial charge in [0.2, 0.25) is 5.95 Å². The number of nitrogens with two attached hydrogens (primary N) is 2. The Kier molecular flexibility index (Phi) is 4.76. The van der Waals surface area contributed by atoms with Crippen molar-refractivity contribution in [2.75, 3.05) is 16.4 Å². The second-order valence-electron chi connectivity index (χ2n) is 7.03. The van der Waals surface area contributed by atoms with E-state index >= 15 is 0 Å². The number of aromatic nitrogens is 5. The first-order valence-corrected chi connectivity index (χ1v) is 9.28. The average molecular weight is 367 g/mol. The molecule has 1 saturated carbocycles. The van der Waals surface area contributed by atoms with Crippen LogP contribution in [0.25, 0.3) is 11.2 Å². The molecule has 0 radical (unpaired) electrons. The molecule has 1 aromatic carbocycles. The van der Waals surface area contributed by atoms with Crippen LogP contribution in [0.1, 0.15) is 31.2 Å². The van der Waals surface area contributed by atoms with E-state index in [4.69, 9.17) is 11.5 Å². The highest BCUT2D eigenvalue weighted by Crippen LogP contribution is 2.24. The molecule has 0 spiro atoms. The summed E-state index contributed by atoms with van der Waals surface area (Å²) in [6.07, 6.45) is 4.39. The number of rotatable bonds is 5. The van der Waals surface area contributed by atoms with E-state index in [0.29, 0.717) is 29.5 Å². The van der Waals surface area contributed by atoms with Crippen LogP contribution in [0.4, 0.5) is 17.5 Å². The minimum absolute atomic E-state index is 0.114. The second-order valence-corrected chi connectivity index (χ2v) is 7.03. The summed E-state index contributed by atoms with van der Waals surface area (Å²) < 4.78 is 1.64. The quantitative estimate of drug-likeness (QED) is 0.500. The predicted octanol–water partition coefficient (Wildman–Crippen LogP) is 1.63. The van der Waals surface area contributed by atoms with E-state index in [2.05, 4.69) is 30.9 Å². The largest absolute Gasteiger partial charge is 0.398 e. The van der Waals surface area contributed by atoms with Gasteiger partial charge in [0.15, 0.2) is 17.0 Å². The lowest BCUT2D eigenvalue weighted by molar-refractivity contribution is 0.402. The normalized spacial score (nSPS) is 19.9. The third-order valence-electron chi connectivity index (χ3n) is 5.09. The molecule has 1 aliphatic rings. The van der Waals surface area contributed by atoms with Crippen LogP contribution >= 0.6 is 0 Å². The topological polar surface area (TPSA) is 133 Å². The fourth-order valence-electron chi connectivity index (χ4n) is 3.48. The number of hydrogen-bond donors (Lipinski definition) is 4. The van der Waals surface area contributed by atoms with Gasteiger partial charge in [-0.15, -0.1) is 5.10 Å². The molecule has 4 rings (SSSR count). The van der Waals surface area contributed by atoms with Gasteiger partial charge in [-0.3, -0.25) is 0 Å². The lowest BCUT2D eigenvalue weighted by Crippen LogP contribution is -2.43. The SMILES string of the molecule is Cn1nnc2c(NCc3ccccc3N)nc(NC3CCCCC3N)nc21. The minimum atomic E-state index is 0.114. The van der Waals surface area contributed by atoms with E-state index in [-0.39, 0.29) is 12.1 Å². The first kappa shape index (κ1) is 17.5. The molecule has 2 atom stereocenters. The average Bonchev–Trinajstić information content (AvgIpc) is 3.04. The zero-order valence-electron chi connectivity index (χ0n) is 15.4. The van der Waals surface area contributed by atoms with Gasteiger partial charge in [-0.05, 0) is 24.5 Å². The zero-order valence-corrected chi connectivity index (χ0v) is 15.4. The molecule has 1 fully saturated rings. The highest BCUT2D eigenvalue weighted by Gasteiger charge is 2.23. The van der Waals surface area contributed by atoms with Gasteiger partial charge < -0.3 is 22.1 Å². The van der Waals surface area contributed by atoms with E-state index < -0.39 is 0 Å². The third-order valence-corrected chi connectivity index (χ3v) is 5.09. The molecule has 142 valence electrons. The summed E-state index contributed by atoms with van der Waals surface area (Å²) in [5, 5.41) is 15.0. The zero-order chi connectivity index (χ0) is 18.8. The Morgan fingerprint density at radius 1 is 1.19 bits per heavy atom. The Hall–Kier alpha value is -2.94. The molecule has 9 nitrogen and oxygen atoms in total. The number of benzene rings is 1. The van der Waals surface area contributed by atoms with Gasteiger partial charge in [0.25, 0.3) is 0 Å². The Balaban J connectivity index is 1.61. The summed E-state index contributed by atoms with van der Waals surface area (Å²) in [5.41, 5.74) is 15.3. The molecule has 0 bridgehead atoms. The molecule has 3 aromatic rings. The van der Waals surface area contributed by atoms with Crippen molar-refractivity contribution in [3.05, 3.63) is 29.8 Å².